The van der Waals surface area contributed by atoms with E-state index < -0.39 is 5.60 Å². The predicted molar refractivity (Wildman–Crippen MR) is 81.2 cm³/mol. The molecule has 2 heteroatoms. The van der Waals surface area contributed by atoms with E-state index in [1.807, 2.05) is 0 Å². The van der Waals surface area contributed by atoms with Gasteiger partial charge >= 0.3 is 0 Å². The van der Waals surface area contributed by atoms with E-state index in [-0.39, 0.29) is 0 Å². The van der Waals surface area contributed by atoms with Crippen molar-refractivity contribution in [3.05, 3.63) is 29.3 Å². The van der Waals surface area contributed by atoms with E-state index in [1.165, 1.54) is 11.1 Å². The summed E-state index contributed by atoms with van der Waals surface area (Å²) in [6, 6.07) is 6.50. The molecule has 1 aliphatic carbocycles. The normalized spacial score (nSPS) is 23.1. The van der Waals surface area contributed by atoms with Crippen LogP contribution >= 0.6 is 0 Å². The van der Waals surface area contributed by atoms with Crippen LogP contribution < -0.4 is 4.74 Å². The van der Waals surface area contributed by atoms with Crippen molar-refractivity contribution in [1.82, 2.24) is 0 Å². The second-order valence-electron chi connectivity index (χ2n) is 7.43. The van der Waals surface area contributed by atoms with E-state index in [0.717, 1.165) is 57.3 Å². The van der Waals surface area contributed by atoms with Gasteiger partial charge in [-0.3, -0.25) is 0 Å². The van der Waals surface area contributed by atoms with Gasteiger partial charge in [0.25, 0.3) is 0 Å². The molecule has 1 fully saturated rings. The fraction of sp³-hybridized carbons (Fsp3) is 0.667. The Bertz CT molecular complexity index is 480. The number of rotatable bonds is 3. The topological polar surface area (TPSA) is 29.5 Å². The highest BCUT2D eigenvalue weighted by Crippen LogP contribution is 2.42. The second kappa shape index (κ2) is 5.07. The molecular weight excluding hydrogens is 248 g/mol. The van der Waals surface area contributed by atoms with Gasteiger partial charge in [-0.2, -0.15) is 0 Å². The van der Waals surface area contributed by atoms with Gasteiger partial charge in [-0.05, 0) is 61.1 Å². The molecule has 0 aromatic heterocycles. The molecule has 0 amide bonds. The van der Waals surface area contributed by atoms with Crippen molar-refractivity contribution in [1.29, 1.82) is 0 Å². The van der Waals surface area contributed by atoms with Gasteiger partial charge in [0, 0.05) is 6.42 Å². The highest BCUT2D eigenvalue weighted by Gasteiger charge is 2.36. The SMILES string of the molecule is CC1(C)CCC(O)(CCc2ccc3c(c2)CCO3)CC1. The number of hydrogen-bond donors (Lipinski definition) is 1. The summed E-state index contributed by atoms with van der Waals surface area (Å²) in [7, 11) is 0. The molecule has 0 spiro atoms. The van der Waals surface area contributed by atoms with Crippen molar-refractivity contribution >= 4 is 0 Å². The lowest BCUT2D eigenvalue weighted by atomic mass is 9.69. The first kappa shape index (κ1) is 13.9. The zero-order chi connectivity index (χ0) is 14.2. The highest BCUT2D eigenvalue weighted by atomic mass is 16.5. The molecule has 2 aliphatic rings. The molecule has 20 heavy (non-hydrogen) atoms. The Morgan fingerprint density at radius 1 is 1.15 bits per heavy atom. The minimum atomic E-state index is -0.439. The van der Waals surface area contributed by atoms with E-state index in [1.54, 1.807) is 0 Å². The Labute approximate surface area is 122 Å². The van der Waals surface area contributed by atoms with Crippen LogP contribution in [0.4, 0.5) is 0 Å². The van der Waals surface area contributed by atoms with E-state index in [0.29, 0.717) is 5.41 Å². The molecule has 110 valence electrons. The third kappa shape index (κ3) is 3.01. The minimum Gasteiger partial charge on any atom is -0.493 e. The number of ether oxygens (including phenoxy) is 1. The van der Waals surface area contributed by atoms with Crippen LogP contribution in [0.25, 0.3) is 0 Å². The molecule has 1 aromatic carbocycles. The molecule has 0 atom stereocenters. The molecule has 2 nitrogen and oxygen atoms in total. The summed E-state index contributed by atoms with van der Waals surface area (Å²) in [4.78, 5) is 0. The van der Waals surface area contributed by atoms with Gasteiger partial charge in [-0.25, -0.2) is 0 Å². The number of aryl methyl sites for hydroxylation is 1. The quantitative estimate of drug-likeness (QED) is 0.906. The number of benzene rings is 1. The smallest absolute Gasteiger partial charge is 0.122 e. The van der Waals surface area contributed by atoms with E-state index in [4.69, 9.17) is 4.74 Å². The number of fused-ring (bicyclic) bond motifs is 1. The molecule has 1 saturated carbocycles. The second-order valence-corrected chi connectivity index (χ2v) is 7.43. The van der Waals surface area contributed by atoms with E-state index in [2.05, 4.69) is 32.0 Å². The molecule has 1 aliphatic heterocycles. The van der Waals surface area contributed by atoms with Crippen LogP contribution in [0.1, 0.15) is 57.1 Å². The zero-order valence-electron chi connectivity index (χ0n) is 12.7. The maximum absolute atomic E-state index is 10.7. The van der Waals surface area contributed by atoms with Crippen molar-refractivity contribution in [2.75, 3.05) is 6.61 Å². The Morgan fingerprint density at radius 2 is 1.90 bits per heavy atom. The van der Waals surface area contributed by atoms with Crippen molar-refractivity contribution < 1.29 is 9.84 Å². The Balaban J connectivity index is 1.59. The van der Waals surface area contributed by atoms with Crippen LogP contribution in [0.2, 0.25) is 0 Å². The van der Waals surface area contributed by atoms with Crippen LogP contribution in [-0.4, -0.2) is 17.3 Å². The Hall–Kier alpha value is -1.02. The van der Waals surface area contributed by atoms with Crippen molar-refractivity contribution in [2.24, 2.45) is 5.41 Å². The lowest BCUT2D eigenvalue weighted by molar-refractivity contribution is -0.0317. The van der Waals surface area contributed by atoms with Gasteiger partial charge in [-0.1, -0.05) is 26.0 Å². The molecule has 3 rings (SSSR count). The summed E-state index contributed by atoms with van der Waals surface area (Å²) in [5.41, 5.74) is 2.65. The van der Waals surface area contributed by atoms with Crippen LogP contribution in [-0.2, 0) is 12.8 Å². The fourth-order valence-electron chi connectivity index (χ4n) is 3.41. The Morgan fingerprint density at radius 3 is 2.65 bits per heavy atom. The maximum atomic E-state index is 10.7. The Kier molecular flexibility index (Phi) is 3.53. The third-order valence-electron chi connectivity index (χ3n) is 5.17. The van der Waals surface area contributed by atoms with Crippen LogP contribution in [0.5, 0.6) is 5.75 Å². The van der Waals surface area contributed by atoms with Crippen LogP contribution in [0.3, 0.4) is 0 Å². The molecule has 1 heterocycles. The summed E-state index contributed by atoms with van der Waals surface area (Å²) >= 11 is 0. The molecule has 0 radical (unpaired) electrons. The standard InChI is InChI=1S/C18H26O2/c1-17(2)8-10-18(19,11-9-17)7-5-14-3-4-16-15(13-14)6-12-20-16/h3-4,13,19H,5-12H2,1-2H3. The van der Waals surface area contributed by atoms with Gasteiger partial charge in [0.15, 0.2) is 0 Å². The average Bonchev–Trinajstić information content (AvgIpc) is 2.88. The molecule has 0 unspecified atom stereocenters. The summed E-state index contributed by atoms with van der Waals surface area (Å²) in [6.45, 7) is 5.44. The lowest BCUT2D eigenvalue weighted by Gasteiger charge is -2.40. The van der Waals surface area contributed by atoms with Crippen LogP contribution in [0, 0.1) is 5.41 Å². The molecule has 0 bridgehead atoms. The van der Waals surface area contributed by atoms with E-state index >= 15 is 0 Å². The molecule has 0 saturated heterocycles. The maximum Gasteiger partial charge on any atom is 0.122 e. The zero-order valence-corrected chi connectivity index (χ0v) is 12.7. The number of aliphatic hydroxyl groups is 1. The van der Waals surface area contributed by atoms with Gasteiger partial charge in [-0.15, -0.1) is 0 Å². The van der Waals surface area contributed by atoms with Gasteiger partial charge in [0.05, 0.1) is 12.2 Å². The monoisotopic (exact) mass is 274 g/mol. The first-order valence-corrected chi connectivity index (χ1v) is 7.93. The molecular formula is C18H26O2. The highest BCUT2D eigenvalue weighted by molar-refractivity contribution is 5.39. The average molecular weight is 274 g/mol. The van der Waals surface area contributed by atoms with Crippen molar-refractivity contribution in [2.45, 2.75) is 64.4 Å². The molecule has 1 N–H and O–H groups in total. The number of hydrogen-bond acceptors (Lipinski definition) is 2. The van der Waals surface area contributed by atoms with E-state index in [9.17, 15) is 5.11 Å². The third-order valence-corrected chi connectivity index (χ3v) is 5.17. The summed E-state index contributed by atoms with van der Waals surface area (Å²) in [5, 5.41) is 10.7. The molecule has 1 aromatic rings. The van der Waals surface area contributed by atoms with Gasteiger partial charge in [0.2, 0.25) is 0 Å². The lowest BCUT2D eigenvalue weighted by Crippen LogP contribution is -2.37. The fourth-order valence-corrected chi connectivity index (χ4v) is 3.41. The minimum absolute atomic E-state index is 0.414. The first-order valence-electron chi connectivity index (χ1n) is 7.93. The first-order chi connectivity index (χ1) is 9.46. The largest absolute Gasteiger partial charge is 0.493 e. The van der Waals surface area contributed by atoms with Crippen molar-refractivity contribution in [3.63, 3.8) is 0 Å². The predicted octanol–water partition coefficient (Wildman–Crippen LogP) is 3.89. The summed E-state index contributed by atoms with van der Waals surface area (Å²) in [6.07, 6.45) is 7.08. The van der Waals surface area contributed by atoms with Crippen LogP contribution in [0.15, 0.2) is 18.2 Å². The van der Waals surface area contributed by atoms with Gasteiger partial charge in [0.1, 0.15) is 5.75 Å². The summed E-state index contributed by atoms with van der Waals surface area (Å²) < 4.78 is 5.54. The summed E-state index contributed by atoms with van der Waals surface area (Å²) in [5.74, 6) is 1.05. The van der Waals surface area contributed by atoms with Gasteiger partial charge < -0.3 is 9.84 Å². The van der Waals surface area contributed by atoms with Crippen molar-refractivity contribution in [3.8, 4) is 5.75 Å².